The summed E-state index contributed by atoms with van der Waals surface area (Å²) >= 11 is 0. The van der Waals surface area contributed by atoms with Crippen molar-refractivity contribution in [2.45, 2.75) is 99.3 Å². The molecule has 14 nitrogen and oxygen atoms in total. The van der Waals surface area contributed by atoms with E-state index in [1.165, 1.54) is 26.6 Å². The maximum atomic E-state index is 14.3. The van der Waals surface area contributed by atoms with Gasteiger partial charge >= 0.3 is 6.03 Å². The predicted octanol–water partition coefficient (Wildman–Crippen LogP) is 1.25. The van der Waals surface area contributed by atoms with Crippen LogP contribution in [-0.4, -0.2) is 115 Å². The Morgan fingerprint density at radius 1 is 0.979 bits per heavy atom. The third-order valence-corrected chi connectivity index (χ3v) is 12.1. The van der Waals surface area contributed by atoms with Crippen LogP contribution in [0.4, 0.5) is 4.79 Å². The standard InChI is InChI=1S/C33H57N7O7S/c1-12-14-21(25(41)28(43)34-15-13-2)35-27(42)24-23-20(33(23,9)10)18-40(24)29(44)26(32(6,7)8)37-30(45)36-22(31(3,4)5)19-39-17-16-38(11)48(39,46)47/h13,20-24,26H,2,12,14-19H2,1,3-11H3,(H,34,43)(H,35,42)(H2,36,37,45)/t20?,21?,22-,23+,24+,26-/m1/s1. The normalized spacial score (nSPS) is 25.3. The molecule has 3 rings (SSSR count). The molecule has 0 radical (unpaired) electrons. The molecule has 0 bridgehead atoms. The summed E-state index contributed by atoms with van der Waals surface area (Å²) < 4.78 is 28.1. The number of fused-ring (bicyclic) bond motifs is 1. The van der Waals surface area contributed by atoms with E-state index >= 15 is 0 Å². The summed E-state index contributed by atoms with van der Waals surface area (Å²) in [5.41, 5.74) is -1.49. The van der Waals surface area contributed by atoms with E-state index in [1.807, 2.05) is 62.3 Å². The minimum atomic E-state index is -3.63. The maximum Gasteiger partial charge on any atom is 0.315 e. The highest BCUT2D eigenvalue weighted by atomic mass is 32.2. The van der Waals surface area contributed by atoms with E-state index in [9.17, 15) is 32.4 Å². The Morgan fingerprint density at radius 3 is 2.10 bits per heavy atom. The number of piperidine rings is 1. The van der Waals surface area contributed by atoms with Crippen LogP contribution in [0, 0.1) is 28.1 Å². The highest BCUT2D eigenvalue weighted by Crippen LogP contribution is 2.65. The van der Waals surface area contributed by atoms with Gasteiger partial charge in [0.1, 0.15) is 12.1 Å². The number of Topliss-reactive ketones (excluding diaryl/α,β-unsaturated/α-hetero) is 1. The van der Waals surface area contributed by atoms with Crippen molar-refractivity contribution in [1.82, 2.24) is 34.8 Å². The summed E-state index contributed by atoms with van der Waals surface area (Å²) in [5, 5.41) is 11.0. The Hall–Kier alpha value is -3.04. The average molecular weight is 696 g/mol. The third kappa shape index (κ3) is 8.39. The van der Waals surface area contributed by atoms with Gasteiger partial charge in [-0.25, -0.2) is 4.79 Å². The van der Waals surface area contributed by atoms with Crippen LogP contribution in [0.3, 0.4) is 0 Å². The number of nitrogens with zero attached hydrogens (tertiary/aromatic N) is 3. The quantitative estimate of drug-likeness (QED) is 0.166. The molecule has 0 spiro atoms. The van der Waals surface area contributed by atoms with Gasteiger partial charge in [-0.15, -0.1) is 6.58 Å². The minimum Gasteiger partial charge on any atom is -0.346 e. The number of rotatable bonds is 13. The van der Waals surface area contributed by atoms with Crippen LogP contribution in [0.15, 0.2) is 12.7 Å². The number of urea groups is 1. The van der Waals surface area contributed by atoms with Crippen molar-refractivity contribution < 1.29 is 32.4 Å². The molecule has 6 atom stereocenters. The van der Waals surface area contributed by atoms with Crippen molar-refractivity contribution in [3.05, 3.63) is 12.7 Å². The number of hydrogen-bond donors (Lipinski definition) is 4. The lowest BCUT2D eigenvalue weighted by Crippen LogP contribution is -2.62. The fourth-order valence-corrected chi connectivity index (χ4v) is 8.15. The first-order valence-electron chi connectivity index (χ1n) is 16.8. The lowest BCUT2D eigenvalue weighted by atomic mass is 9.85. The molecule has 2 heterocycles. The molecule has 3 aliphatic rings. The molecule has 0 aromatic heterocycles. The molecule has 5 amide bonds. The van der Waals surface area contributed by atoms with E-state index in [1.54, 1.807) is 0 Å². The summed E-state index contributed by atoms with van der Waals surface area (Å²) in [6.07, 6.45) is 2.24. The first kappa shape index (κ1) is 39.4. The van der Waals surface area contributed by atoms with Crippen molar-refractivity contribution in [3.8, 4) is 0 Å². The number of carbonyl (C=O) groups is 5. The van der Waals surface area contributed by atoms with Gasteiger partial charge in [0, 0.05) is 45.8 Å². The fraction of sp³-hybridized carbons (Fsp3) is 0.788. The Labute approximate surface area is 286 Å². The molecule has 272 valence electrons. The zero-order chi connectivity index (χ0) is 36.6. The summed E-state index contributed by atoms with van der Waals surface area (Å²) in [6.45, 7) is 21.8. The molecule has 0 aromatic carbocycles. The maximum absolute atomic E-state index is 14.3. The Bertz CT molecular complexity index is 1380. The smallest absolute Gasteiger partial charge is 0.315 e. The molecule has 2 unspecified atom stereocenters. The van der Waals surface area contributed by atoms with Gasteiger partial charge in [-0.3, -0.25) is 19.2 Å². The Morgan fingerprint density at radius 2 is 1.60 bits per heavy atom. The lowest BCUT2D eigenvalue weighted by molar-refractivity contribution is -0.145. The van der Waals surface area contributed by atoms with Gasteiger partial charge < -0.3 is 26.2 Å². The molecule has 1 saturated carbocycles. The van der Waals surface area contributed by atoms with Crippen LogP contribution < -0.4 is 21.3 Å². The lowest BCUT2D eigenvalue weighted by Gasteiger charge is -2.39. The van der Waals surface area contributed by atoms with Gasteiger partial charge in [0.15, 0.2) is 0 Å². The molecular formula is C33H57N7O7S. The Kier molecular flexibility index (Phi) is 11.9. The van der Waals surface area contributed by atoms with Crippen molar-refractivity contribution in [2.75, 3.05) is 39.8 Å². The second-order valence-corrected chi connectivity index (χ2v) is 18.2. The highest BCUT2D eigenvalue weighted by Gasteiger charge is 2.70. The van der Waals surface area contributed by atoms with Gasteiger partial charge in [0.05, 0.1) is 6.04 Å². The third-order valence-electron chi connectivity index (χ3n) is 10.1. The Balaban J connectivity index is 1.82. The van der Waals surface area contributed by atoms with E-state index in [0.717, 1.165) is 0 Å². The zero-order valence-electron chi connectivity index (χ0n) is 30.3. The molecule has 4 N–H and O–H groups in total. The molecule has 48 heavy (non-hydrogen) atoms. The second kappa shape index (κ2) is 14.4. The number of carbonyl (C=O) groups excluding carboxylic acids is 5. The van der Waals surface area contributed by atoms with Gasteiger partial charge in [0.2, 0.25) is 17.6 Å². The van der Waals surface area contributed by atoms with Gasteiger partial charge in [-0.05, 0) is 34.5 Å². The highest BCUT2D eigenvalue weighted by molar-refractivity contribution is 7.87. The molecule has 0 aromatic rings. The van der Waals surface area contributed by atoms with Crippen LogP contribution in [0.2, 0.25) is 0 Å². The zero-order valence-corrected chi connectivity index (χ0v) is 31.1. The summed E-state index contributed by atoms with van der Waals surface area (Å²) in [4.78, 5) is 68.8. The number of amides is 5. The van der Waals surface area contributed by atoms with E-state index in [4.69, 9.17) is 0 Å². The summed E-state index contributed by atoms with van der Waals surface area (Å²) in [7, 11) is -2.12. The van der Waals surface area contributed by atoms with Crippen LogP contribution in [0.25, 0.3) is 0 Å². The fourth-order valence-electron chi connectivity index (χ4n) is 6.79. The number of likely N-dealkylation sites (tertiary alicyclic amines) is 1. The monoisotopic (exact) mass is 695 g/mol. The summed E-state index contributed by atoms with van der Waals surface area (Å²) in [5.74, 6) is -2.63. The van der Waals surface area contributed by atoms with Crippen molar-refractivity contribution in [2.24, 2.45) is 28.1 Å². The van der Waals surface area contributed by atoms with Crippen LogP contribution in [0.5, 0.6) is 0 Å². The van der Waals surface area contributed by atoms with Crippen LogP contribution >= 0.6 is 0 Å². The molecule has 2 saturated heterocycles. The molecule has 1 aliphatic carbocycles. The van der Waals surface area contributed by atoms with E-state index in [0.29, 0.717) is 26.1 Å². The molecule has 3 fully saturated rings. The first-order valence-corrected chi connectivity index (χ1v) is 18.2. The number of ketones is 1. The minimum absolute atomic E-state index is 0.0497. The number of likely N-dealkylation sites (N-methyl/N-ethyl adjacent to an activating group) is 1. The van der Waals surface area contributed by atoms with E-state index < -0.39 is 74.7 Å². The van der Waals surface area contributed by atoms with Crippen molar-refractivity contribution in [3.63, 3.8) is 0 Å². The van der Waals surface area contributed by atoms with Crippen molar-refractivity contribution in [1.29, 1.82) is 0 Å². The SMILES string of the molecule is C=CCNC(=O)C(=O)C(CCC)NC(=O)[C@@H]1[C@@H]2C(CN1C(=O)[C@@H](NC(=O)N[C@H](CN1CCN(C)S1(=O)=O)C(C)(C)C)C(C)(C)C)C2(C)C. The van der Waals surface area contributed by atoms with E-state index in [-0.39, 0.29) is 36.8 Å². The molecular weight excluding hydrogens is 638 g/mol. The largest absolute Gasteiger partial charge is 0.346 e. The van der Waals surface area contributed by atoms with Gasteiger partial charge in [0.25, 0.3) is 16.1 Å². The second-order valence-electron chi connectivity index (χ2n) is 16.1. The van der Waals surface area contributed by atoms with Crippen molar-refractivity contribution >= 4 is 39.7 Å². The predicted molar refractivity (Wildman–Crippen MR) is 183 cm³/mol. The molecule has 2 aliphatic heterocycles. The van der Waals surface area contributed by atoms with Crippen LogP contribution in [0.1, 0.15) is 75.2 Å². The topological polar surface area (TPSA) is 177 Å². The molecule has 15 heteroatoms. The van der Waals surface area contributed by atoms with E-state index in [2.05, 4.69) is 27.8 Å². The average Bonchev–Trinajstić information content (AvgIpc) is 3.24. The first-order chi connectivity index (χ1) is 22.0. The van der Waals surface area contributed by atoms with Gasteiger partial charge in [-0.2, -0.15) is 17.0 Å². The van der Waals surface area contributed by atoms with Crippen LogP contribution in [-0.2, 0) is 29.4 Å². The van der Waals surface area contributed by atoms with Gasteiger partial charge in [-0.1, -0.05) is 74.8 Å². The number of hydrogen-bond acceptors (Lipinski definition) is 7. The number of nitrogens with one attached hydrogen (secondary N) is 4. The summed E-state index contributed by atoms with van der Waals surface area (Å²) in [6, 6.07) is -4.19.